The molecule has 0 saturated heterocycles. The molecule has 0 aromatic carbocycles. The van der Waals surface area contributed by atoms with Crippen molar-refractivity contribution in [1.82, 2.24) is 19.3 Å². The van der Waals surface area contributed by atoms with Crippen LogP contribution in [0.25, 0.3) is 0 Å². The molecule has 106 valence electrons. The van der Waals surface area contributed by atoms with Crippen LogP contribution >= 0.6 is 0 Å². The van der Waals surface area contributed by atoms with Gasteiger partial charge in [0.15, 0.2) is 0 Å². The van der Waals surface area contributed by atoms with E-state index in [0.29, 0.717) is 5.69 Å². The molecule has 0 amide bonds. The molecule has 0 spiro atoms. The van der Waals surface area contributed by atoms with Gasteiger partial charge in [0.2, 0.25) is 10.0 Å². The van der Waals surface area contributed by atoms with E-state index in [4.69, 9.17) is 5.11 Å². The number of carboxylic acids is 1. The van der Waals surface area contributed by atoms with E-state index in [1.165, 1.54) is 30.3 Å². The van der Waals surface area contributed by atoms with Crippen molar-refractivity contribution >= 4 is 16.0 Å². The van der Waals surface area contributed by atoms with Crippen LogP contribution in [0.3, 0.4) is 0 Å². The quantitative estimate of drug-likeness (QED) is 0.802. The van der Waals surface area contributed by atoms with Gasteiger partial charge < -0.3 is 9.67 Å². The Kier molecular flexibility index (Phi) is 3.81. The van der Waals surface area contributed by atoms with E-state index in [1.54, 1.807) is 6.07 Å². The Morgan fingerprint density at radius 1 is 1.50 bits per heavy atom. The van der Waals surface area contributed by atoms with Gasteiger partial charge in [-0.05, 0) is 12.1 Å². The lowest BCUT2D eigenvalue weighted by Crippen LogP contribution is -2.23. The molecule has 0 aliphatic carbocycles. The summed E-state index contributed by atoms with van der Waals surface area (Å²) in [5, 5.41) is 8.90. The molecule has 2 rings (SSSR count). The Balaban J connectivity index is 2.18. The summed E-state index contributed by atoms with van der Waals surface area (Å²) < 4.78 is 27.7. The molecule has 0 radical (unpaired) electrons. The molecule has 0 aliphatic rings. The summed E-state index contributed by atoms with van der Waals surface area (Å²) in [6.45, 7) is 0.00214. The first-order valence-corrected chi connectivity index (χ1v) is 7.02. The van der Waals surface area contributed by atoms with Gasteiger partial charge in [-0.15, -0.1) is 0 Å². The fraction of sp³-hybridized carbons (Fsp3) is 0.182. The topological polar surface area (TPSA) is 114 Å². The minimum Gasteiger partial charge on any atom is -0.477 e. The highest BCUT2D eigenvalue weighted by Gasteiger charge is 2.20. The molecular formula is C11H12N4O4S. The molecule has 0 unspecified atom stereocenters. The van der Waals surface area contributed by atoms with Gasteiger partial charge in [0.25, 0.3) is 0 Å². The van der Waals surface area contributed by atoms with Gasteiger partial charge in [-0.25, -0.2) is 27.9 Å². The summed E-state index contributed by atoms with van der Waals surface area (Å²) in [5.74, 6) is -1.19. The van der Waals surface area contributed by atoms with Gasteiger partial charge in [0, 0.05) is 19.4 Å². The van der Waals surface area contributed by atoms with Crippen LogP contribution in [0.1, 0.15) is 16.2 Å². The summed E-state index contributed by atoms with van der Waals surface area (Å²) in [5.41, 5.74) is 0.408. The van der Waals surface area contributed by atoms with Crippen LogP contribution in [0.4, 0.5) is 0 Å². The molecule has 20 heavy (non-hydrogen) atoms. The van der Waals surface area contributed by atoms with E-state index in [0.717, 1.165) is 6.07 Å². The van der Waals surface area contributed by atoms with Crippen molar-refractivity contribution < 1.29 is 18.3 Å². The fourth-order valence-corrected chi connectivity index (χ4v) is 2.64. The average Bonchev–Trinajstić information content (AvgIpc) is 2.81. The van der Waals surface area contributed by atoms with Crippen LogP contribution in [0.5, 0.6) is 0 Å². The van der Waals surface area contributed by atoms with Crippen molar-refractivity contribution in [3.05, 3.63) is 42.2 Å². The van der Waals surface area contributed by atoms with Crippen molar-refractivity contribution in [2.24, 2.45) is 7.05 Å². The number of sulfonamides is 1. The van der Waals surface area contributed by atoms with Crippen LogP contribution < -0.4 is 4.72 Å². The Hall–Kier alpha value is -2.26. The number of nitrogens with zero attached hydrogens (tertiary/aromatic N) is 3. The smallest absolute Gasteiger partial charge is 0.352 e. The Morgan fingerprint density at radius 3 is 2.80 bits per heavy atom. The maximum Gasteiger partial charge on any atom is 0.352 e. The van der Waals surface area contributed by atoms with Crippen molar-refractivity contribution in [1.29, 1.82) is 0 Å². The number of aromatic nitrogens is 3. The average molecular weight is 296 g/mol. The van der Waals surface area contributed by atoms with E-state index in [2.05, 4.69) is 14.7 Å². The van der Waals surface area contributed by atoms with Gasteiger partial charge in [-0.3, -0.25) is 0 Å². The summed E-state index contributed by atoms with van der Waals surface area (Å²) in [6.07, 6.45) is 4.06. The Morgan fingerprint density at radius 2 is 2.25 bits per heavy atom. The predicted octanol–water partition coefficient (Wildman–Crippen LogP) is -0.00820. The first-order valence-electron chi connectivity index (χ1n) is 5.54. The second-order valence-corrected chi connectivity index (χ2v) is 5.77. The fourth-order valence-electron chi connectivity index (χ4n) is 1.57. The summed E-state index contributed by atoms with van der Waals surface area (Å²) in [6, 6.07) is 2.68. The molecule has 2 heterocycles. The highest BCUT2D eigenvalue weighted by molar-refractivity contribution is 7.89. The van der Waals surface area contributed by atoms with Crippen LogP contribution in [0.15, 0.2) is 35.7 Å². The molecule has 9 heteroatoms. The van der Waals surface area contributed by atoms with E-state index in [1.807, 2.05) is 0 Å². The first kappa shape index (κ1) is 14.2. The number of aromatic carboxylic acids is 1. The van der Waals surface area contributed by atoms with Gasteiger partial charge in [0.05, 0.1) is 12.2 Å². The number of rotatable bonds is 5. The molecule has 0 fully saturated rings. The second kappa shape index (κ2) is 5.39. The van der Waals surface area contributed by atoms with Gasteiger partial charge in [-0.2, -0.15) is 0 Å². The first-order chi connectivity index (χ1) is 9.40. The Labute approximate surface area is 115 Å². The largest absolute Gasteiger partial charge is 0.477 e. The number of carbonyl (C=O) groups is 1. The number of carboxylic acid groups (broad SMARTS) is 1. The number of aryl methyl sites for hydroxylation is 1. The maximum absolute atomic E-state index is 12.0. The maximum atomic E-state index is 12.0. The molecule has 2 aromatic rings. The van der Waals surface area contributed by atoms with Crippen LogP contribution in [-0.2, 0) is 23.6 Å². The molecule has 0 aliphatic heterocycles. The normalized spacial score (nSPS) is 11.4. The highest BCUT2D eigenvalue weighted by Crippen LogP contribution is 2.13. The third-order valence-corrected chi connectivity index (χ3v) is 3.96. The van der Waals surface area contributed by atoms with E-state index < -0.39 is 16.0 Å². The van der Waals surface area contributed by atoms with Gasteiger partial charge in [-0.1, -0.05) is 0 Å². The van der Waals surface area contributed by atoms with Crippen molar-refractivity contribution in [3.8, 4) is 0 Å². The summed E-state index contributed by atoms with van der Waals surface area (Å²) >= 11 is 0. The SMILES string of the molecule is Cn1cc(S(=O)(=O)NCc2ccncn2)cc1C(=O)O. The van der Waals surface area contributed by atoms with Crippen LogP contribution in [0.2, 0.25) is 0 Å². The number of nitrogens with one attached hydrogen (secondary N) is 1. The van der Waals surface area contributed by atoms with Crippen molar-refractivity contribution in [3.63, 3.8) is 0 Å². The second-order valence-electron chi connectivity index (χ2n) is 4.00. The van der Waals surface area contributed by atoms with E-state index >= 15 is 0 Å². The Bertz CT molecular complexity index is 724. The third-order valence-electron chi connectivity index (χ3n) is 2.60. The molecule has 0 atom stereocenters. The molecular weight excluding hydrogens is 284 g/mol. The zero-order valence-corrected chi connectivity index (χ0v) is 11.3. The molecule has 0 bridgehead atoms. The predicted molar refractivity (Wildman–Crippen MR) is 68.4 cm³/mol. The van der Waals surface area contributed by atoms with Crippen LogP contribution in [0, 0.1) is 0 Å². The zero-order valence-electron chi connectivity index (χ0n) is 10.5. The monoisotopic (exact) mass is 296 g/mol. The lowest BCUT2D eigenvalue weighted by atomic mass is 10.4. The molecule has 0 saturated carbocycles. The van der Waals surface area contributed by atoms with E-state index in [-0.39, 0.29) is 17.1 Å². The number of hydrogen-bond acceptors (Lipinski definition) is 5. The minimum atomic E-state index is -3.79. The van der Waals surface area contributed by atoms with Gasteiger partial charge >= 0.3 is 5.97 Å². The van der Waals surface area contributed by atoms with Crippen LogP contribution in [-0.4, -0.2) is 34.0 Å². The zero-order chi connectivity index (χ0) is 14.8. The van der Waals surface area contributed by atoms with E-state index in [9.17, 15) is 13.2 Å². The number of hydrogen-bond donors (Lipinski definition) is 2. The van der Waals surface area contributed by atoms with Crippen molar-refractivity contribution in [2.75, 3.05) is 0 Å². The molecule has 8 nitrogen and oxygen atoms in total. The lowest BCUT2D eigenvalue weighted by Gasteiger charge is -2.03. The highest BCUT2D eigenvalue weighted by atomic mass is 32.2. The minimum absolute atomic E-state index is 0.00214. The van der Waals surface area contributed by atoms with Gasteiger partial charge in [0.1, 0.15) is 16.9 Å². The third kappa shape index (κ3) is 3.00. The lowest BCUT2D eigenvalue weighted by molar-refractivity contribution is 0.0686. The molecule has 2 aromatic heterocycles. The van der Waals surface area contributed by atoms with Crippen molar-refractivity contribution in [2.45, 2.75) is 11.4 Å². The summed E-state index contributed by atoms with van der Waals surface area (Å²) in [7, 11) is -2.32. The molecule has 2 N–H and O–H groups in total. The summed E-state index contributed by atoms with van der Waals surface area (Å²) in [4.78, 5) is 18.4. The standard InChI is InChI=1S/C11H12N4O4S/c1-15-6-9(4-10(15)11(16)17)20(18,19)14-5-8-2-3-12-7-13-8/h2-4,6-7,14H,5H2,1H3,(H,16,17).